The predicted molar refractivity (Wildman–Crippen MR) is 106 cm³/mol. The molecule has 3 rings (SSSR count). The normalized spacial score (nSPS) is 32.7. The smallest absolute Gasteiger partial charge is 0.326 e. The third kappa shape index (κ3) is 4.16. The Morgan fingerprint density at radius 2 is 1.86 bits per heavy atom. The highest BCUT2D eigenvalue weighted by atomic mass is 19.1. The number of likely N-dealkylation sites (tertiary alicyclic amines) is 1. The molecule has 3 atom stereocenters. The minimum Gasteiger partial charge on any atom is -0.468 e. The third-order valence-corrected chi connectivity index (χ3v) is 6.77. The second kappa shape index (κ2) is 8.79. The molecule has 2 fully saturated rings. The number of rotatable bonds is 5. The molecule has 2 aliphatic rings. The average Bonchev–Trinajstić information content (AvgIpc) is 3.03. The molecule has 0 bridgehead atoms. The summed E-state index contributed by atoms with van der Waals surface area (Å²) in [6.45, 7) is 1.91. The van der Waals surface area contributed by atoms with Crippen LogP contribution < -0.4 is 5.32 Å². The van der Waals surface area contributed by atoms with Crippen molar-refractivity contribution in [3.05, 3.63) is 35.6 Å². The molecule has 7 heteroatoms. The van der Waals surface area contributed by atoms with Crippen molar-refractivity contribution >= 4 is 11.9 Å². The number of nitrogens with one attached hydrogen (secondary N) is 1. The summed E-state index contributed by atoms with van der Waals surface area (Å²) in [5.41, 5.74) is -0.106. The molecule has 6 nitrogen and oxygen atoms in total. The Kier molecular flexibility index (Phi) is 6.58. The van der Waals surface area contributed by atoms with Gasteiger partial charge in [-0.15, -0.1) is 0 Å². The summed E-state index contributed by atoms with van der Waals surface area (Å²) in [5, 5.41) is 12.8. The summed E-state index contributed by atoms with van der Waals surface area (Å²) < 4.78 is 18.6. The van der Waals surface area contributed by atoms with Gasteiger partial charge in [0.25, 0.3) is 0 Å². The SMILES string of the molecule is CC[C@@]1(C(=O)OC)C[C@H](C(=O)NC2CCC(O)CC2)[C@H](c2ccc(F)cc2)N1C. The molecule has 1 amide bonds. The number of hydrogen-bond acceptors (Lipinski definition) is 5. The number of carbonyl (C=O) groups is 2. The first-order chi connectivity index (χ1) is 13.8. The first kappa shape index (κ1) is 21.7. The van der Waals surface area contributed by atoms with E-state index in [0.717, 1.165) is 18.4 Å². The summed E-state index contributed by atoms with van der Waals surface area (Å²) >= 11 is 0. The van der Waals surface area contributed by atoms with Crippen LogP contribution in [0.25, 0.3) is 0 Å². The van der Waals surface area contributed by atoms with Gasteiger partial charge < -0.3 is 15.2 Å². The Morgan fingerprint density at radius 3 is 2.41 bits per heavy atom. The van der Waals surface area contributed by atoms with Crippen molar-refractivity contribution < 1.29 is 23.8 Å². The molecule has 0 radical (unpaired) electrons. The monoisotopic (exact) mass is 406 g/mol. The van der Waals surface area contributed by atoms with Gasteiger partial charge in [-0.25, -0.2) is 4.39 Å². The fraction of sp³-hybridized carbons (Fsp3) is 0.636. The number of hydrogen-bond donors (Lipinski definition) is 2. The number of methoxy groups -OCH3 is 1. The Labute approximate surface area is 171 Å². The lowest BCUT2D eigenvalue weighted by molar-refractivity contribution is -0.153. The van der Waals surface area contributed by atoms with Crippen LogP contribution in [0.5, 0.6) is 0 Å². The number of ether oxygens (including phenoxy) is 1. The number of likely N-dealkylation sites (N-methyl/N-ethyl adjacent to an activating group) is 1. The van der Waals surface area contributed by atoms with Crippen molar-refractivity contribution in [1.29, 1.82) is 0 Å². The molecule has 29 heavy (non-hydrogen) atoms. The molecule has 160 valence electrons. The zero-order valence-corrected chi connectivity index (χ0v) is 17.4. The number of amides is 1. The molecular weight excluding hydrogens is 375 g/mol. The largest absolute Gasteiger partial charge is 0.468 e. The maximum Gasteiger partial charge on any atom is 0.326 e. The molecule has 1 aliphatic carbocycles. The lowest BCUT2D eigenvalue weighted by Gasteiger charge is -2.35. The Morgan fingerprint density at radius 1 is 1.24 bits per heavy atom. The highest BCUT2D eigenvalue weighted by Crippen LogP contribution is 2.48. The van der Waals surface area contributed by atoms with Crippen molar-refractivity contribution in [2.75, 3.05) is 14.2 Å². The van der Waals surface area contributed by atoms with Gasteiger partial charge in [0.15, 0.2) is 0 Å². The molecular formula is C22H31FN2O4. The fourth-order valence-corrected chi connectivity index (χ4v) is 4.99. The first-order valence-electron chi connectivity index (χ1n) is 10.4. The molecule has 0 spiro atoms. The molecule has 0 unspecified atom stereocenters. The van der Waals surface area contributed by atoms with Crippen molar-refractivity contribution in [1.82, 2.24) is 10.2 Å². The van der Waals surface area contributed by atoms with Crippen LogP contribution >= 0.6 is 0 Å². The van der Waals surface area contributed by atoms with E-state index in [1.54, 1.807) is 12.1 Å². The van der Waals surface area contributed by atoms with Gasteiger partial charge in [-0.2, -0.15) is 0 Å². The minimum absolute atomic E-state index is 0.0276. The Bertz CT molecular complexity index is 733. The van der Waals surface area contributed by atoms with E-state index in [9.17, 15) is 19.1 Å². The van der Waals surface area contributed by atoms with Crippen LogP contribution in [-0.4, -0.2) is 53.7 Å². The fourth-order valence-electron chi connectivity index (χ4n) is 4.99. The van der Waals surface area contributed by atoms with E-state index in [2.05, 4.69) is 5.32 Å². The van der Waals surface area contributed by atoms with E-state index in [-0.39, 0.29) is 35.9 Å². The highest BCUT2D eigenvalue weighted by Gasteiger charge is 2.56. The maximum atomic E-state index is 13.5. The van der Waals surface area contributed by atoms with E-state index in [4.69, 9.17) is 4.74 Å². The molecule has 1 aliphatic heterocycles. The highest BCUT2D eigenvalue weighted by molar-refractivity contribution is 5.86. The van der Waals surface area contributed by atoms with Crippen LogP contribution in [0.2, 0.25) is 0 Å². The van der Waals surface area contributed by atoms with Gasteiger partial charge in [-0.05, 0) is 63.3 Å². The van der Waals surface area contributed by atoms with Crippen molar-refractivity contribution in [2.24, 2.45) is 5.92 Å². The topological polar surface area (TPSA) is 78.9 Å². The average molecular weight is 406 g/mol. The van der Waals surface area contributed by atoms with Gasteiger partial charge >= 0.3 is 5.97 Å². The minimum atomic E-state index is -0.904. The van der Waals surface area contributed by atoms with Gasteiger partial charge in [0, 0.05) is 12.1 Å². The maximum absolute atomic E-state index is 13.5. The molecule has 1 aromatic rings. The summed E-state index contributed by atoms with van der Waals surface area (Å²) in [6, 6.07) is 5.78. The molecule has 2 N–H and O–H groups in total. The first-order valence-corrected chi connectivity index (χ1v) is 10.4. The molecule has 1 aromatic carbocycles. The van der Waals surface area contributed by atoms with E-state index < -0.39 is 11.5 Å². The lowest BCUT2D eigenvalue weighted by atomic mass is 9.86. The van der Waals surface area contributed by atoms with Gasteiger partial charge in [0.2, 0.25) is 5.91 Å². The number of nitrogens with zero attached hydrogens (tertiary/aromatic N) is 1. The molecule has 1 saturated carbocycles. The summed E-state index contributed by atoms with van der Waals surface area (Å²) in [5.74, 6) is -1.26. The number of aliphatic hydroxyl groups excluding tert-OH is 1. The van der Waals surface area contributed by atoms with Crippen LogP contribution in [-0.2, 0) is 14.3 Å². The summed E-state index contributed by atoms with van der Waals surface area (Å²) in [6.07, 6.45) is 3.40. The number of aliphatic hydroxyl groups is 1. The Balaban J connectivity index is 1.89. The van der Waals surface area contributed by atoms with Crippen molar-refractivity contribution in [3.8, 4) is 0 Å². The third-order valence-electron chi connectivity index (χ3n) is 6.77. The van der Waals surface area contributed by atoms with E-state index in [1.165, 1.54) is 19.2 Å². The van der Waals surface area contributed by atoms with E-state index in [1.807, 2.05) is 18.9 Å². The zero-order valence-electron chi connectivity index (χ0n) is 17.4. The second-order valence-corrected chi connectivity index (χ2v) is 8.31. The summed E-state index contributed by atoms with van der Waals surface area (Å²) in [7, 11) is 3.19. The number of carbonyl (C=O) groups excluding carboxylic acids is 2. The zero-order chi connectivity index (χ0) is 21.2. The molecule has 1 saturated heterocycles. The van der Waals surface area contributed by atoms with E-state index >= 15 is 0 Å². The van der Waals surface area contributed by atoms with Gasteiger partial charge in [0.1, 0.15) is 11.4 Å². The van der Waals surface area contributed by atoms with Crippen LogP contribution in [0.1, 0.15) is 57.1 Å². The molecule has 0 aromatic heterocycles. The number of esters is 1. The van der Waals surface area contributed by atoms with Crippen molar-refractivity contribution in [3.63, 3.8) is 0 Å². The number of halogens is 1. The standard InChI is InChI=1S/C22H31FN2O4/c1-4-22(21(28)29-3)13-18(20(27)24-16-9-11-17(26)12-10-16)19(25(22)2)14-5-7-15(23)8-6-14/h5-8,16-19,26H,4,9-13H2,1-3H3,(H,24,27)/t16?,17?,18-,19-,22-/m0/s1. The van der Waals surface area contributed by atoms with Gasteiger partial charge in [-0.3, -0.25) is 14.5 Å². The Hall–Kier alpha value is -1.99. The lowest BCUT2D eigenvalue weighted by Crippen LogP contribution is -2.49. The van der Waals surface area contributed by atoms with Crippen LogP contribution in [0.3, 0.4) is 0 Å². The number of benzene rings is 1. The van der Waals surface area contributed by atoms with Crippen molar-refractivity contribution in [2.45, 2.75) is 69.2 Å². The van der Waals surface area contributed by atoms with Crippen LogP contribution in [0.4, 0.5) is 4.39 Å². The van der Waals surface area contributed by atoms with E-state index in [0.29, 0.717) is 25.7 Å². The molecule has 1 heterocycles. The summed E-state index contributed by atoms with van der Waals surface area (Å²) in [4.78, 5) is 27.9. The van der Waals surface area contributed by atoms with Gasteiger partial charge in [0.05, 0.1) is 19.1 Å². The predicted octanol–water partition coefficient (Wildman–Crippen LogP) is 2.56. The van der Waals surface area contributed by atoms with Crippen LogP contribution in [0.15, 0.2) is 24.3 Å². The van der Waals surface area contributed by atoms with Gasteiger partial charge in [-0.1, -0.05) is 19.1 Å². The van der Waals surface area contributed by atoms with Crippen LogP contribution in [0, 0.1) is 11.7 Å². The second-order valence-electron chi connectivity index (χ2n) is 8.31. The quantitative estimate of drug-likeness (QED) is 0.735.